The van der Waals surface area contributed by atoms with Crippen LogP contribution in [0, 0.1) is 18.7 Å². The van der Waals surface area contributed by atoms with E-state index in [1.165, 1.54) is 23.8 Å². The molecule has 1 aromatic heterocycles. The number of aromatic nitrogens is 1. The van der Waals surface area contributed by atoms with Gasteiger partial charge in [-0.25, -0.2) is 9.37 Å². The summed E-state index contributed by atoms with van der Waals surface area (Å²) in [5, 5.41) is 8.44. The van der Waals surface area contributed by atoms with E-state index in [1.54, 1.807) is 17.4 Å². The van der Waals surface area contributed by atoms with Crippen LogP contribution in [0.15, 0.2) is 53.9 Å². The van der Waals surface area contributed by atoms with Crippen LogP contribution in [0.4, 0.5) is 4.39 Å². The van der Waals surface area contributed by atoms with E-state index in [-0.39, 0.29) is 17.4 Å². The molecule has 0 fully saturated rings. The van der Waals surface area contributed by atoms with Crippen molar-refractivity contribution in [3.05, 3.63) is 76.5 Å². The lowest BCUT2D eigenvalue weighted by Gasteiger charge is -2.21. The van der Waals surface area contributed by atoms with Gasteiger partial charge in [-0.05, 0) is 25.0 Å². The minimum absolute atomic E-state index is 0.0768. The van der Waals surface area contributed by atoms with Gasteiger partial charge in [0.25, 0.3) is 5.91 Å². The van der Waals surface area contributed by atoms with E-state index in [4.69, 9.17) is 0 Å². The zero-order valence-corrected chi connectivity index (χ0v) is 18.6. The number of hydrogen-bond donors (Lipinski definition) is 2. The van der Waals surface area contributed by atoms with Crippen LogP contribution in [-0.2, 0) is 11.2 Å². The summed E-state index contributed by atoms with van der Waals surface area (Å²) in [6, 6.07) is 13.2. The minimum atomic E-state index is -0.759. The quantitative estimate of drug-likeness (QED) is 0.548. The van der Waals surface area contributed by atoms with Crippen LogP contribution >= 0.6 is 11.3 Å². The number of hydrogen-bond acceptors (Lipinski definition) is 4. The first-order valence-corrected chi connectivity index (χ1v) is 11.1. The first-order valence-electron chi connectivity index (χ1n) is 10.2. The maximum atomic E-state index is 13.9. The van der Waals surface area contributed by atoms with Crippen LogP contribution in [0.5, 0.6) is 0 Å². The van der Waals surface area contributed by atoms with E-state index < -0.39 is 17.8 Å². The van der Waals surface area contributed by atoms with Crippen molar-refractivity contribution in [2.24, 2.45) is 5.92 Å². The molecule has 3 aromatic rings. The van der Waals surface area contributed by atoms with Crippen LogP contribution in [0.25, 0.3) is 10.6 Å². The number of carbonyl (C=O) groups is 2. The molecular weight excluding hydrogens is 413 g/mol. The van der Waals surface area contributed by atoms with Crippen LogP contribution in [0.1, 0.15) is 35.5 Å². The first-order chi connectivity index (χ1) is 14.8. The fourth-order valence-corrected chi connectivity index (χ4v) is 3.93. The largest absolute Gasteiger partial charge is 0.354 e. The highest BCUT2D eigenvalue weighted by molar-refractivity contribution is 7.13. The molecule has 0 saturated heterocycles. The van der Waals surface area contributed by atoms with Gasteiger partial charge < -0.3 is 10.6 Å². The average molecular weight is 440 g/mol. The second-order valence-electron chi connectivity index (χ2n) is 7.73. The van der Waals surface area contributed by atoms with Crippen molar-refractivity contribution in [2.45, 2.75) is 33.2 Å². The predicted molar refractivity (Wildman–Crippen MR) is 121 cm³/mol. The lowest BCUT2D eigenvalue weighted by molar-refractivity contribution is -0.123. The standard InChI is InChI=1S/C24H26FN3O2S/c1-15(2)21(28-22(29)19-6-4-5-7-20(19)25)23(30)26-13-12-18-14-31-24(27-18)17-10-8-16(3)9-11-17/h4-11,14-15,21H,12-13H2,1-3H3,(H,26,30)(H,28,29). The molecule has 0 saturated carbocycles. The Morgan fingerprint density at radius 3 is 2.48 bits per heavy atom. The molecule has 2 aromatic carbocycles. The maximum Gasteiger partial charge on any atom is 0.254 e. The summed E-state index contributed by atoms with van der Waals surface area (Å²) in [7, 11) is 0. The highest BCUT2D eigenvalue weighted by Gasteiger charge is 2.25. The molecule has 0 aliphatic heterocycles. The van der Waals surface area contributed by atoms with Gasteiger partial charge in [-0.3, -0.25) is 9.59 Å². The van der Waals surface area contributed by atoms with Crippen molar-refractivity contribution in [1.29, 1.82) is 0 Å². The summed E-state index contributed by atoms with van der Waals surface area (Å²) in [5.74, 6) is -1.66. The lowest BCUT2D eigenvalue weighted by atomic mass is 10.0. The number of nitrogens with one attached hydrogen (secondary N) is 2. The molecule has 0 aliphatic rings. The van der Waals surface area contributed by atoms with Crippen LogP contribution in [0.2, 0.25) is 0 Å². The molecule has 1 unspecified atom stereocenters. The average Bonchev–Trinajstić information content (AvgIpc) is 3.21. The Labute approximate surface area is 185 Å². The second kappa shape index (κ2) is 10.3. The molecule has 0 spiro atoms. The van der Waals surface area contributed by atoms with Crippen LogP contribution in [0.3, 0.4) is 0 Å². The summed E-state index contributed by atoms with van der Waals surface area (Å²) in [5.41, 5.74) is 3.09. The Hall–Kier alpha value is -3.06. The number of benzene rings is 2. The van der Waals surface area contributed by atoms with Crippen molar-refractivity contribution < 1.29 is 14.0 Å². The monoisotopic (exact) mass is 439 g/mol. The van der Waals surface area contributed by atoms with E-state index in [9.17, 15) is 14.0 Å². The van der Waals surface area contributed by atoms with Gasteiger partial charge in [0.2, 0.25) is 5.91 Å². The third kappa shape index (κ3) is 5.98. The topological polar surface area (TPSA) is 71.1 Å². The molecule has 0 radical (unpaired) electrons. The Bertz CT molecular complexity index is 1050. The molecule has 2 amide bonds. The summed E-state index contributed by atoms with van der Waals surface area (Å²) in [6.07, 6.45) is 0.584. The van der Waals surface area contributed by atoms with Crippen LogP contribution in [-0.4, -0.2) is 29.4 Å². The molecule has 3 rings (SSSR count). The molecule has 0 aliphatic carbocycles. The highest BCUT2D eigenvalue weighted by atomic mass is 32.1. The second-order valence-corrected chi connectivity index (χ2v) is 8.58. The molecule has 0 bridgehead atoms. The number of halogens is 1. The zero-order valence-electron chi connectivity index (χ0n) is 17.8. The van der Waals surface area contributed by atoms with Crippen molar-refractivity contribution in [3.63, 3.8) is 0 Å². The number of amides is 2. The Balaban J connectivity index is 1.55. The van der Waals surface area contributed by atoms with Gasteiger partial charge in [0.1, 0.15) is 16.9 Å². The molecular formula is C24H26FN3O2S. The van der Waals surface area contributed by atoms with Crippen LogP contribution < -0.4 is 10.6 Å². The highest BCUT2D eigenvalue weighted by Crippen LogP contribution is 2.24. The smallest absolute Gasteiger partial charge is 0.254 e. The minimum Gasteiger partial charge on any atom is -0.354 e. The Kier molecular flexibility index (Phi) is 7.52. The normalized spacial score (nSPS) is 11.9. The van der Waals surface area contributed by atoms with Crippen molar-refractivity contribution in [2.75, 3.05) is 6.54 Å². The molecule has 1 heterocycles. The summed E-state index contributed by atoms with van der Waals surface area (Å²) < 4.78 is 13.9. The Morgan fingerprint density at radius 1 is 1.10 bits per heavy atom. The van der Waals surface area contributed by atoms with E-state index >= 15 is 0 Å². The molecule has 5 nitrogen and oxygen atoms in total. The predicted octanol–water partition coefficient (Wildman–Crippen LogP) is 4.37. The molecule has 7 heteroatoms. The van der Waals surface area contributed by atoms with Crippen molar-refractivity contribution in [1.82, 2.24) is 15.6 Å². The number of nitrogens with zero attached hydrogens (tertiary/aromatic N) is 1. The summed E-state index contributed by atoms with van der Waals surface area (Å²) in [4.78, 5) is 29.7. The molecule has 2 N–H and O–H groups in total. The summed E-state index contributed by atoms with van der Waals surface area (Å²) in [6.45, 7) is 6.11. The van der Waals surface area contributed by atoms with Gasteiger partial charge in [-0.15, -0.1) is 11.3 Å². The molecule has 162 valence electrons. The lowest BCUT2D eigenvalue weighted by Crippen LogP contribution is -2.50. The third-order valence-electron chi connectivity index (χ3n) is 4.88. The van der Waals surface area contributed by atoms with Gasteiger partial charge in [0.05, 0.1) is 11.3 Å². The number of carbonyl (C=O) groups excluding carboxylic acids is 2. The van der Waals surface area contributed by atoms with E-state index in [2.05, 4.69) is 27.8 Å². The maximum absolute atomic E-state index is 13.9. The number of aryl methyl sites for hydroxylation is 1. The molecule has 31 heavy (non-hydrogen) atoms. The fourth-order valence-electron chi connectivity index (χ4n) is 3.07. The number of thiazole rings is 1. The SMILES string of the molecule is Cc1ccc(-c2nc(CCNC(=O)C(NC(=O)c3ccccc3F)C(C)C)cs2)cc1. The zero-order chi connectivity index (χ0) is 22.4. The van der Waals surface area contributed by atoms with Gasteiger partial charge in [0.15, 0.2) is 0 Å². The Morgan fingerprint density at radius 2 is 1.81 bits per heavy atom. The van der Waals surface area contributed by atoms with Crippen molar-refractivity contribution >= 4 is 23.2 Å². The first kappa shape index (κ1) is 22.6. The van der Waals surface area contributed by atoms with E-state index in [0.29, 0.717) is 13.0 Å². The van der Waals surface area contributed by atoms with Gasteiger partial charge >= 0.3 is 0 Å². The van der Waals surface area contributed by atoms with Gasteiger partial charge in [0, 0.05) is 23.9 Å². The summed E-state index contributed by atoms with van der Waals surface area (Å²) >= 11 is 1.57. The van der Waals surface area contributed by atoms with Crippen molar-refractivity contribution in [3.8, 4) is 10.6 Å². The number of rotatable bonds is 8. The van der Waals surface area contributed by atoms with Gasteiger partial charge in [-0.1, -0.05) is 55.8 Å². The van der Waals surface area contributed by atoms with Gasteiger partial charge in [-0.2, -0.15) is 0 Å². The molecule has 1 atom stereocenters. The van der Waals surface area contributed by atoms with E-state index in [1.807, 2.05) is 38.3 Å². The third-order valence-corrected chi connectivity index (χ3v) is 5.83. The van der Waals surface area contributed by atoms with E-state index in [0.717, 1.165) is 16.3 Å². The fraction of sp³-hybridized carbons (Fsp3) is 0.292.